The zero-order valence-corrected chi connectivity index (χ0v) is 36.6. The van der Waals surface area contributed by atoms with E-state index in [1.807, 2.05) is 0 Å². The molecule has 0 amide bonds. The lowest BCUT2D eigenvalue weighted by molar-refractivity contribution is -0.161. The lowest BCUT2D eigenvalue weighted by atomic mass is 10.0. The second kappa shape index (κ2) is 42.1. The molecular weight excluding hydrogens is 713 g/mol. The zero-order valence-electron chi connectivity index (χ0n) is 35.7. The number of unbranched alkanes of at least 4 members (excludes halogenated alkanes) is 26. The smallest absolute Gasteiger partial charge is 0.462 e. The van der Waals surface area contributed by atoms with E-state index < -0.39 is 32.5 Å². The molecule has 0 fully saturated rings. The van der Waals surface area contributed by atoms with Crippen molar-refractivity contribution >= 4 is 19.8 Å². The van der Waals surface area contributed by atoms with Gasteiger partial charge in [0, 0.05) is 19.4 Å². The van der Waals surface area contributed by atoms with Crippen molar-refractivity contribution in [2.45, 2.75) is 225 Å². The molecule has 324 valence electrons. The highest BCUT2D eigenvalue weighted by Gasteiger charge is 2.26. The number of ether oxygens (including phenoxy) is 2. The molecular formula is C45H86NO8P. The Morgan fingerprint density at radius 1 is 0.527 bits per heavy atom. The molecule has 1 unspecified atom stereocenters. The molecule has 0 aliphatic carbocycles. The van der Waals surface area contributed by atoms with Crippen LogP contribution in [0.2, 0.25) is 0 Å². The highest BCUT2D eigenvalue weighted by atomic mass is 31.2. The van der Waals surface area contributed by atoms with Gasteiger partial charge in [0.05, 0.1) is 13.2 Å². The first kappa shape index (κ1) is 53.5. The van der Waals surface area contributed by atoms with Crippen LogP contribution in [0.15, 0.2) is 24.3 Å². The van der Waals surface area contributed by atoms with Gasteiger partial charge in [0.25, 0.3) is 0 Å². The molecule has 0 rings (SSSR count). The molecule has 0 heterocycles. The summed E-state index contributed by atoms with van der Waals surface area (Å²) in [6, 6.07) is 0. The Balaban J connectivity index is 4.03. The Bertz CT molecular complexity index is 959. The van der Waals surface area contributed by atoms with Crippen LogP contribution in [0.25, 0.3) is 0 Å². The Morgan fingerprint density at radius 2 is 0.927 bits per heavy atom. The number of hydrogen-bond acceptors (Lipinski definition) is 8. The topological polar surface area (TPSA) is 134 Å². The van der Waals surface area contributed by atoms with Gasteiger partial charge in [0.15, 0.2) is 6.10 Å². The fourth-order valence-corrected chi connectivity index (χ4v) is 7.15. The normalized spacial score (nSPS) is 13.5. The third-order valence-corrected chi connectivity index (χ3v) is 10.8. The van der Waals surface area contributed by atoms with Gasteiger partial charge in [-0.05, 0) is 51.4 Å². The Hall–Kier alpha value is -1.51. The number of carbonyl (C=O) groups excluding carboxylic acids is 2. The molecule has 9 nitrogen and oxygen atoms in total. The number of allylic oxidation sites excluding steroid dienone is 4. The number of phosphoric acid groups is 1. The van der Waals surface area contributed by atoms with E-state index in [9.17, 15) is 19.0 Å². The minimum atomic E-state index is -4.38. The van der Waals surface area contributed by atoms with Crippen molar-refractivity contribution < 1.29 is 37.6 Å². The summed E-state index contributed by atoms with van der Waals surface area (Å²) in [5.41, 5.74) is 5.34. The van der Waals surface area contributed by atoms with Gasteiger partial charge >= 0.3 is 19.8 Å². The third-order valence-electron chi connectivity index (χ3n) is 9.81. The summed E-state index contributed by atoms with van der Waals surface area (Å²) < 4.78 is 32.7. The summed E-state index contributed by atoms with van der Waals surface area (Å²) >= 11 is 0. The maximum atomic E-state index is 12.5. The molecule has 0 aromatic rings. The molecule has 3 N–H and O–H groups in total. The first-order chi connectivity index (χ1) is 26.8. The average Bonchev–Trinajstić information content (AvgIpc) is 3.17. The summed E-state index contributed by atoms with van der Waals surface area (Å²) in [5, 5.41) is 0. The van der Waals surface area contributed by atoms with Crippen molar-refractivity contribution in [3.05, 3.63) is 24.3 Å². The molecule has 55 heavy (non-hydrogen) atoms. The molecule has 0 saturated heterocycles. The second-order valence-electron chi connectivity index (χ2n) is 15.3. The van der Waals surface area contributed by atoms with Crippen LogP contribution < -0.4 is 5.73 Å². The van der Waals surface area contributed by atoms with Crippen LogP contribution in [-0.4, -0.2) is 49.3 Å². The number of carbonyl (C=O) groups is 2. The zero-order chi connectivity index (χ0) is 40.3. The first-order valence-corrected chi connectivity index (χ1v) is 24.3. The molecule has 0 radical (unpaired) electrons. The van der Waals surface area contributed by atoms with Crippen molar-refractivity contribution in [2.24, 2.45) is 5.73 Å². The molecule has 10 heteroatoms. The van der Waals surface area contributed by atoms with Crippen molar-refractivity contribution in [2.75, 3.05) is 26.4 Å². The van der Waals surface area contributed by atoms with Gasteiger partial charge in [-0.2, -0.15) is 0 Å². The van der Waals surface area contributed by atoms with Gasteiger partial charge in [-0.3, -0.25) is 18.6 Å². The van der Waals surface area contributed by atoms with Gasteiger partial charge in [0.2, 0.25) is 0 Å². The minimum Gasteiger partial charge on any atom is -0.462 e. The summed E-state index contributed by atoms with van der Waals surface area (Å²) in [6.07, 6.45) is 45.2. The number of esters is 2. The van der Waals surface area contributed by atoms with Gasteiger partial charge in [-0.25, -0.2) is 4.57 Å². The summed E-state index contributed by atoms with van der Waals surface area (Å²) in [6.45, 7) is 3.67. The standard InChI is InChI=1S/C45H86NO8P/c1-3-5-7-9-11-13-15-16-17-18-19-20-21-22-23-24-25-26-28-29-31-33-35-37-44(47)51-41-43(42-53-55(49,50)52-40-39-46)54-45(48)38-36-34-32-30-27-14-12-10-8-6-4-2/h10,12,29,31,43H,3-9,11,13-28,30,32-42,46H2,1-2H3,(H,49,50)/b12-10+,31-29+/t43-/m0/s1. The van der Waals surface area contributed by atoms with Crippen LogP contribution in [0.4, 0.5) is 0 Å². The van der Waals surface area contributed by atoms with E-state index in [4.69, 9.17) is 24.3 Å². The Morgan fingerprint density at radius 3 is 1.40 bits per heavy atom. The van der Waals surface area contributed by atoms with Gasteiger partial charge in [0.1, 0.15) is 6.61 Å². The maximum absolute atomic E-state index is 12.5. The van der Waals surface area contributed by atoms with E-state index in [0.29, 0.717) is 12.8 Å². The predicted octanol–water partition coefficient (Wildman–Crippen LogP) is 13.2. The maximum Gasteiger partial charge on any atom is 0.472 e. The van der Waals surface area contributed by atoms with E-state index in [1.54, 1.807) is 0 Å². The van der Waals surface area contributed by atoms with Crippen molar-refractivity contribution in [3.63, 3.8) is 0 Å². The van der Waals surface area contributed by atoms with Crippen LogP contribution in [-0.2, 0) is 32.7 Å². The Kier molecular flexibility index (Phi) is 40.9. The van der Waals surface area contributed by atoms with Crippen molar-refractivity contribution in [1.82, 2.24) is 0 Å². The van der Waals surface area contributed by atoms with Gasteiger partial charge < -0.3 is 20.1 Å². The summed E-state index contributed by atoms with van der Waals surface area (Å²) in [4.78, 5) is 34.8. The molecule has 0 aromatic heterocycles. The van der Waals surface area contributed by atoms with Crippen LogP contribution in [0.5, 0.6) is 0 Å². The highest BCUT2D eigenvalue weighted by molar-refractivity contribution is 7.47. The highest BCUT2D eigenvalue weighted by Crippen LogP contribution is 2.43. The molecule has 0 aromatic carbocycles. The van der Waals surface area contributed by atoms with E-state index in [1.165, 1.54) is 128 Å². The average molecular weight is 800 g/mol. The van der Waals surface area contributed by atoms with E-state index >= 15 is 0 Å². The van der Waals surface area contributed by atoms with Crippen LogP contribution in [0, 0.1) is 0 Å². The van der Waals surface area contributed by atoms with Crippen molar-refractivity contribution in [1.29, 1.82) is 0 Å². The molecule has 2 atom stereocenters. The second-order valence-corrected chi connectivity index (χ2v) is 16.7. The van der Waals surface area contributed by atoms with Crippen LogP contribution in [0.3, 0.4) is 0 Å². The summed E-state index contributed by atoms with van der Waals surface area (Å²) in [7, 11) is -4.38. The lowest BCUT2D eigenvalue weighted by Gasteiger charge is -2.19. The molecule has 0 aliphatic heterocycles. The number of hydrogen-bond donors (Lipinski definition) is 2. The van der Waals surface area contributed by atoms with E-state index in [0.717, 1.165) is 51.4 Å². The Labute approximate surface area is 338 Å². The minimum absolute atomic E-state index is 0.0500. The first-order valence-electron chi connectivity index (χ1n) is 22.8. The van der Waals surface area contributed by atoms with Gasteiger partial charge in [-0.1, -0.05) is 179 Å². The van der Waals surface area contributed by atoms with Crippen LogP contribution in [0.1, 0.15) is 219 Å². The summed E-state index contributed by atoms with van der Waals surface area (Å²) in [5.74, 6) is -0.871. The third kappa shape index (κ3) is 41.9. The SMILES string of the molecule is CCCC/C=C/CCCCCCCC(=O)O[C@@H](COC(=O)CCC/C=C/CCCCCCCCCCCCCCCCCCCC)COP(=O)(O)OCCN. The van der Waals surface area contributed by atoms with Gasteiger partial charge in [-0.15, -0.1) is 0 Å². The predicted molar refractivity (Wildman–Crippen MR) is 229 cm³/mol. The van der Waals surface area contributed by atoms with E-state index in [-0.39, 0.29) is 32.6 Å². The molecule has 0 bridgehead atoms. The molecule has 0 spiro atoms. The monoisotopic (exact) mass is 800 g/mol. The van der Waals surface area contributed by atoms with E-state index in [2.05, 4.69) is 38.2 Å². The quantitative estimate of drug-likeness (QED) is 0.0267. The largest absolute Gasteiger partial charge is 0.472 e. The fraction of sp³-hybridized carbons (Fsp3) is 0.867. The number of nitrogens with two attached hydrogens (primary N) is 1. The van der Waals surface area contributed by atoms with Crippen LogP contribution >= 0.6 is 7.82 Å². The molecule has 0 saturated carbocycles. The van der Waals surface area contributed by atoms with Crippen molar-refractivity contribution in [3.8, 4) is 0 Å². The molecule has 0 aliphatic rings. The fourth-order valence-electron chi connectivity index (χ4n) is 6.39. The number of rotatable bonds is 43. The number of phosphoric ester groups is 1. The lowest BCUT2D eigenvalue weighted by Crippen LogP contribution is -2.29.